The van der Waals surface area contributed by atoms with Crippen molar-refractivity contribution in [1.82, 2.24) is 15.0 Å². The Balaban J connectivity index is 1.80. The Kier molecular flexibility index (Phi) is 6.70. The summed E-state index contributed by atoms with van der Waals surface area (Å²) in [6.45, 7) is 1.24. The van der Waals surface area contributed by atoms with Gasteiger partial charge in [0.25, 0.3) is 11.5 Å². The highest BCUT2D eigenvalue weighted by atomic mass is 32.2. The molecule has 0 unspecified atom stereocenters. The maximum absolute atomic E-state index is 12.8. The van der Waals surface area contributed by atoms with Crippen molar-refractivity contribution in [3.63, 3.8) is 0 Å². The molecule has 1 saturated carbocycles. The van der Waals surface area contributed by atoms with Crippen LogP contribution in [0.5, 0.6) is 0 Å². The number of fused-ring (bicyclic) bond motifs is 1. The minimum absolute atomic E-state index is 0.0914. The average molecular weight is 458 g/mol. The van der Waals surface area contributed by atoms with Crippen LogP contribution in [-0.4, -0.2) is 51.8 Å². The fourth-order valence-corrected chi connectivity index (χ4v) is 4.02. The van der Waals surface area contributed by atoms with Gasteiger partial charge in [0, 0.05) is 30.9 Å². The fraction of sp³-hybridized carbons (Fsp3) is 0.409. The molecule has 0 bridgehead atoms. The topological polar surface area (TPSA) is 139 Å². The molecule has 0 radical (unpaired) electrons. The molecule has 1 aliphatic carbocycles. The number of nitrogens with one attached hydrogen (secondary N) is 1. The molecule has 10 heteroatoms. The number of sulfone groups is 1. The van der Waals surface area contributed by atoms with Crippen LogP contribution in [0.2, 0.25) is 0 Å². The molecule has 3 atom stereocenters. The minimum Gasteiger partial charge on any atom is -0.396 e. The number of carbonyl (C=O) groups is 1. The van der Waals surface area contributed by atoms with Crippen LogP contribution in [0.15, 0.2) is 29.3 Å². The van der Waals surface area contributed by atoms with Crippen LogP contribution in [0.4, 0.5) is 0 Å². The smallest absolute Gasteiger partial charge is 0.264 e. The van der Waals surface area contributed by atoms with E-state index in [0.29, 0.717) is 16.5 Å². The van der Waals surface area contributed by atoms with Crippen molar-refractivity contribution in [3.05, 3.63) is 40.4 Å². The van der Waals surface area contributed by atoms with Gasteiger partial charge in [-0.2, -0.15) is 0 Å². The van der Waals surface area contributed by atoms with Crippen molar-refractivity contribution < 1.29 is 23.5 Å². The number of aliphatic hydroxyl groups excluding tert-OH is 1. The first-order valence-electron chi connectivity index (χ1n) is 9.86. The molecule has 3 N–H and O–H groups in total. The predicted molar refractivity (Wildman–Crippen MR) is 117 cm³/mol. The van der Waals surface area contributed by atoms with Gasteiger partial charge < -0.3 is 5.11 Å². The highest BCUT2D eigenvalue weighted by Gasteiger charge is 2.43. The highest BCUT2D eigenvalue weighted by molar-refractivity contribution is 7.92. The Labute approximate surface area is 185 Å². The Bertz CT molecular complexity index is 1340. The summed E-state index contributed by atoms with van der Waals surface area (Å²) in [6.07, 6.45) is 2.84. The maximum atomic E-state index is 12.8. The van der Waals surface area contributed by atoms with Gasteiger partial charge in [-0.1, -0.05) is 11.8 Å². The third kappa shape index (κ3) is 4.83. The normalized spacial score (nSPS) is 19.1. The second-order valence-corrected chi connectivity index (χ2v) is 10.4. The number of hydrogen-bond acceptors (Lipinski definition) is 7. The second kappa shape index (κ2) is 9.13. The first-order valence-corrected chi connectivity index (χ1v) is 11.8. The molecular weight excluding hydrogens is 434 g/mol. The zero-order valence-corrected chi connectivity index (χ0v) is 18.4. The van der Waals surface area contributed by atoms with Crippen molar-refractivity contribution in [1.29, 1.82) is 0 Å². The van der Waals surface area contributed by atoms with Crippen LogP contribution in [0.1, 0.15) is 25.3 Å². The SMILES string of the molecule is C[C@@](CCn1cnc2cc(C#CC#C[C@@H]3C[C@H]3CO)ccc2c1=O)(C(=O)NO)S(C)(=O)=O. The Morgan fingerprint density at radius 3 is 2.75 bits per heavy atom. The van der Waals surface area contributed by atoms with Crippen LogP contribution < -0.4 is 11.0 Å². The van der Waals surface area contributed by atoms with Gasteiger partial charge in [0.1, 0.15) is 0 Å². The monoisotopic (exact) mass is 457 g/mol. The van der Waals surface area contributed by atoms with Crippen molar-refractivity contribution in [2.45, 2.75) is 31.1 Å². The molecule has 1 amide bonds. The lowest BCUT2D eigenvalue weighted by molar-refractivity contribution is -0.131. The Morgan fingerprint density at radius 1 is 1.38 bits per heavy atom. The number of aromatic nitrogens is 2. The van der Waals surface area contributed by atoms with Crippen molar-refractivity contribution >= 4 is 26.6 Å². The molecule has 1 aromatic heterocycles. The van der Waals surface area contributed by atoms with E-state index < -0.39 is 26.1 Å². The summed E-state index contributed by atoms with van der Waals surface area (Å²) in [5.74, 6) is 10.8. The number of hydrogen-bond donors (Lipinski definition) is 3. The zero-order chi connectivity index (χ0) is 23.5. The van der Waals surface area contributed by atoms with Crippen molar-refractivity contribution in [3.8, 4) is 23.7 Å². The standard InChI is InChI=1S/C22H23N3O6S/c1-22(21(28)24-29,32(2,30)31)9-10-25-14-23-19-11-15(7-8-18(19)20(25)27)5-3-4-6-16-12-17(16)13-26/h7-8,11,14,16-17,26,29H,9-10,12-13H2,1-2H3,(H,24,28)/t16-,17+,22-/m1/s1. The molecule has 1 heterocycles. The molecule has 9 nitrogen and oxygen atoms in total. The van der Waals surface area contributed by atoms with E-state index in [2.05, 4.69) is 28.7 Å². The lowest BCUT2D eigenvalue weighted by Gasteiger charge is -2.25. The van der Waals surface area contributed by atoms with Gasteiger partial charge in [0.05, 0.1) is 17.2 Å². The largest absolute Gasteiger partial charge is 0.396 e. The minimum atomic E-state index is -3.87. The maximum Gasteiger partial charge on any atom is 0.264 e. The van der Waals surface area contributed by atoms with Crippen LogP contribution in [0, 0.1) is 35.5 Å². The lowest BCUT2D eigenvalue weighted by atomic mass is 10.1. The number of hydroxylamine groups is 1. The molecule has 1 fully saturated rings. The number of amides is 1. The van der Waals surface area contributed by atoms with E-state index >= 15 is 0 Å². The van der Waals surface area contributed by atoms with E-state index in [-0.39, 0.29) is 31.4 Å². The summed E-state index contributed by atoms with van der Waals surface area (Å²) in [5, 5.41) is 18.2. The Morgan fingerprint density at radius 2 is 2.12 bits per heavy atom. The number of aryl methyl sites for hydroxylation is 1. The summed E-state index contributed by atoms with van der Waals surface area (Å²) in [5.41, 5.74) is 2.05. The number of aliphatic hydroxyl groups is 1. The van der Waals surface area contributed by atoms with E-state index in [1.54, 1.807) is 18.2 Å². The second-order valence-electron chi connectivity index (χ2n) is 7.97. The number of benzene rings is 1. The molecule has 168 valence electrons. The van der Waals surface area contributed by atoms with E-state index in [1.165, 1.54) is 23.3 Å². The highest BCUT2D eigenvalue weighted by Crippen LogP contribution is 2.36. The fourth-order valence-electron chi connectivity index (χ4n) is 3.17. The quantitative estimate of drug-likeness (QED) is 0.317. The van der Waals surface area contributed by atoms with Gasteiger partial charge in [-0.25, -0.2) is 18.9 Å². The van der Waals surface area contributed by atoms with E-state index in [4.69, 9.17) is 10.3 Å². The third-order valence-electron chi connectivity index (χ3n) is 5.74. The van der Waals surface area contributed by atoms with Crippen molar-refractivity contribution in [2.75, 3.05) is 12.9 Å². The lowest BCUT2D eigenvalue weighted by Crippen LogP contribution is -2.50. The average Bonchev–Trinajstić information content (AvgIpc) is 3.53. The molecule has 1 aromatic carbocycles. The van der Waals surface area contributed by atoms with Crippen LogP contribution >= 0.6 is 0 Å². The summed E-state index contributed by atoms with van der Waals surface area (Å²) in [6, 6.07) is 4.90. The molecule has 0 aliphatic heterocycles. The Hall–Kier alpha value is -3.18. The first-order chi connectivity index (χ1) is 15.1. The molecular formula is C22H23N3O6S. The van der Waals surface area contributed by atoms with Crippen LogP contribution in [0.3, 0.4) is 0 Å². The molecule has 2 aromatic rings. The number of carbonyl (C=O) groups excluding carboxylic acids is 1. The molecule has 3 rings (SSSR count). The van der Waals surface area contributed by atoms with Gasteiger partial charge >= 0.3 is 0 Å². The predicted octanol–water partition coefficient (Wildman–Crippen LogP) is 0.0786. The van der Waals surface area contributed by atoms with Gasteiger partial charge in [0.15, 0.2) is 14.6 Å². The number of nitrogens with zero attached hydrogens (tertiary/aromatic N) is 2. The summed E-state index contributed by atoms with van der Waals surface area (Å²) >= 11 is 0. The van der Waals surface area contributed by atoms with E-state index in [0.717, 1.165) is 12.7 Å². The van der Waals surface area contributed by atoms with Crippen molar-refractivity contribution in [2.24, 2.45) is 11.8 Å². The van der Waals surface area contributed by atoms with Gasteiger partial charge in [-0.15, -0.1) is 0 Å². The van der Waals surface area contributed by atoms with Gasteiger partial charge in [-0.05, 0) is 55.7 Å². The van der Waals surface area contributed by atoms with Gasteiger partial charge in [0.2, 0.25) is 0 Å². The summed E-state index contributed by atoms with van der Waals surface area (Å²) < 4.78 is 23.5. The van der Waals surface area contributed by atoms with E-state index in [1.807, 2.05) is 0 Å². The van der Waals surface area contributed by atoms with Gasteiger partial charge in [-0.3, -0.25) is 19.4 Å². The van der Waals surface area contributed by atoms with Crippen LogP contribution in [-0.2, 0) is 21.2 Å². The summed E-state index contributed by atoms with van der Waals surface area (Å²) in [4.78, 5) is 29.0. The first kappa shape index (κ1) is 23.5. The third-order valence-corrected chi connectivity index (χ3v) is 7.77. The molecule has 1 aliphatic rings. The van der Waals surface area contributed by atoms with E-state index in [9.17, 15) is 18.0 Å². The molecule has 0 spiro atoms. The molecule has 0 saturated heterocycles. The zero-order valence-electron chi connectivity index (χ0n) is 17.6. The molecule has 32 heavy (non-hydrogen) atoms. The number of rotatable bonds is 6. The summed E-state index contributed by atoms with van der Waals surface area (Å²) in [7, 11) is -3.87. The van der Waals surface area contributed by atoms with Crippen LogP contribution in [0.25, 0.3) is 10.9 Å².